The summed E-state index contributed by atoms with van der Waals surface area (Å²) in [5.74, 6) is 1.36. The van der Waals surface area contributed by atoms with E-state index in [1.165, 1.54) is 30.5 Å². The van der Waals surface area contributed by atoms with E-state index in [0.717, 1.165) is 25.6 Å². The predicted molar refractivity (Wildman–Crippen MR) is 116 cm³/mol. The maximum absolute atomic E-state index is 5.92. The summed E-state index contributed by atoms with van der Waals surface area (Å²) in [6, 6.07) is 21.7. The van der Waals surface area contributed by atoms with Gasteiger partial charge in [-0.25, -0.2) is 0 Å². The van der Waals surface area contributed by atoms with Crippen molar-refractivity contribution in [2.45, 2.75) is 32.0 Å². The van der Waals surface area contributed by atoms with Gasteiger partial charge in [-0.3, -0.25) is 4.90 Å². The lowest BCUT2D eigenvalue weighted by molar-refractivity contribution is 0.171. The Labute approximate surface area is 173 Å². The number of ether oxygens (including phenoxy) is 1. The second-order valence-electron chi connectivity index (χ2n) is 7.42. The molecule has 1 N–H and O–H groups in total. The van der Waals surface area contributed by atoms with E-state index >= 15 is 0 Å². The quantitative estimate of drug-likeness (QED) is 0.723. The van der Waals surface area contributed by atoms with Crippen LogP contribution in [0.4, 0.5) is 0 Å². The highest BCUT2D eigenvalue weighted by molar-refractivity contribution is 7.80. The smallest absolute Gasteiger partial charge is 0.256 e. The topological polar surface area (TPSA) is 24.5 Å². The molecule has 1 saturated heterocycles. The molecule has 1 aliphatic heterocycles. The lowest BCUT2D eigenvalue weighted by Crippen LogP contribution is -2.34. The Balaban J connectivity index is 0.00000210. The van der Waals surface area contributed by atoms with E-state index in [-0.39, 0.29) is 12.4 Å². The Hall–Kier alpha value is -1.62. The maximum Gasteiger partial charge on any atom is 0.256 e. The molecule has 144 valence electrons. The third-order valence-corrected chi connectivity index (χ3v) is 6.05. The average molecular weight is 403 g/mol. The average Bonchev–Trinajstić information content (AvgIpc) is 3.23. The highest BCUT2D eigenvalue weighted by Crippen LogP contribution is 2.43. The molecule has 1 saturated carbocycles. The fourth-order valence-corrected chi connectivity index (χ4v) is 4.62. The van der Waals surface area contributed by atoms with Gasteiger partial charge in [0.05, 0.1) is 6.61 Å². The summed E-state index contributed by atoms with van der Waals surface area (Å²) in [5, 5.41) is 3.74. The Morgan fingerprint density at radius 3 is 2.37 bits per heavy atom. The van der Waals surface area contributed by atoms with Gasteiger partial charge in [-0.15, -0.1) is 12.4 Å². The number of fused-ring (bicyclic) bond motifs is 2. The van der Waals surface area contributed by atoms with Crippen molar-refractivity contribution in [3.8, 4) is 0 Å². The summed E-state index contributed by atoms with van der Waals surface area (Å²) in [4.78, 5) is 2.64. The minimum atomic E-state index is 0. The van der Waals surface area contributed by atoms with E-state index in [4.69, 9.17) is 17.0 Å². The van der Waals surface area contributed by atoms with E-state index in [0.29, 0.717) is 17.1 Å². The Morgan fingerprint density at radius 1 is 1.00 bits per heavy atom. The zero-order chi connectivity index (χ0) is 17.8. The molecule has 3 unspecified atom stereocenters. The standard InChI is InChI=1S/C22H26N2OS.ClH/c26-22(23-13-17-7-3-1-4-8-17)25-16-20-19-11-12-21(20)24(15-19)14-18-9-5-2-6-10-18;/h1-10,19-21H,11-16H2,(H,23,26);1H. The van der Waals surface area contributed by atoms with Crippen molar-refractivity contribution >= 4 is 29.8 Å². The van der Waals surface area contributed by atoms with Crippen molar-refractivity contribution in [3.05, 3.63) is 71.8 Å². The molecule has 1 aliphatic carbocycles. The third-order valence-electron chi connectivity index (χ3n) is 5.79. The second-order valence-corrected chi connectivity index (χ2v) is 7.79. The molecule has 3 atom stereocenters. The maximum atomic E-state index is 5.92. The zero-order valence-electron chi connectivity index (χ0n) is 15.4. The van der Waals surface area contributed by atoms with Gasteiger partial charge >= 0.3 is 0 Å². The van der Waals surface area contributed by atoms with Crippen LogP contribution in [0.3, 0.4) is 0 Å². The van der Waals surface area contributed by atoms with Crippen LogP contribution in [-0.2, 0) is 17.8 Å². The molecule has 0 aromatic heterocycles. The first-order valence-corrected chi connectivity index (χ1v) is 9.93. The first-order valence-electron chi connectivity index (χ1n) is 9.52. The van der Waals surface area contributed by atoms with Crippen molar-refractivity contribution in [1.82, 2.24) is 10.2 Å². The van der Waals surface area contributed by atoms with Gasteiger partial charge < -0.3 is 10.1 Å². The van der Waals surface area contributed by atoms with Gasteiger partial charge in [0.2, 0.25) is 0 Å². The fourth-order valence-electron chi connectivity index (χ4n) is 4.48. The summed E-state index contributed by atoms with van der Waals surface area (Å²) in [7, 11) is 0. The molecule has 0 amide bonds. The number of nitrogens with one attached hydrogen (secondary N) is 1. The highest BCUT2D eigenvalue weighted by atomic mass is 35.5. The Bertz CT molecular complexity index is 728. The summed E-state index contributed by atoms with van der Waals surface area (Å²) < 4.78 is 5.92. The van der Waals surface area contributed by atoms with Crippen LogP contribution in [0.2, 0.25) is 0 Å². The molecular weight excluding hydrogens is 376 g/mol. The van der Waals surface area contributed by atoms with Gasteiger partial charge in [0, 0.05) is 31.6 Å². The van der Waals surface area contributed by atoms with Gasteiger partial charge in [0.1, 0.15) is 0 Å². The van der Waals surface area contributed by atoms with Crippen molar-refractivity contribution in [2.24, 2.45) is 11.8 Å². The molecule has 4 rings (SSSR count). The first kappa shape index (κ1) is 20.1. The molecule has 1 heterocycles. The molecule has 3 nitrogen and oxygen atoms in total. The van der Waals surface area contributed by atoms with Crippen LogP contribution in [0.15, 0.2) is 60.7 Å². The number of hydrogen-bond acceptors (Lipinski definition) is 3. The number of hydrogen-bond donors (Lipinski definition) is 1. The molecular formula is C22H27ClN2OS. The summed E-state index contributed by atoms with van der Waals surface area (Å²) in [6.07, 6.45) is 2.62. The molecule has 2 fully saturated rings. The van der Waals surface area contributed by atoms with Crippen LogP contribution in [-0.4, -0.2) is 29.3 Å². The summed E-state index contributed by atoms with van der Waals surface area (Å²) in [5.41, 5.74) is 2.62. The first-order chi connectivity index (χ1) is 12.8. The summed E-state index contributed by atoms with van der Waals surface area (Å²) >= 11 is 5.37. The molecule has 2 aliphatic rings. The fraction of sp³-hybridized carbons (Fsp3) is 0.409. The summed E-state index contributed by atoms with van der Waals surface area (Å²) in [6.45, 7) is 3.70. The number of likely N-dealkylation sites (tertiary alicyclic amines) is 1. The van der Waals surface area contributed by atoms with E-state index < -0.39 is 0 Å². The van der Waals surface area contributed by atoms with Crippen LogP contribution < -0.4 is 5.32 Å². The van der Waals surface area contributed by atoms with E-state index in [9.17, 15) is 0 Å². The highest BCUT2D eigenvalue weighted by Gasteiger charge is 2.46. The number of thiocarbonyl (C=S) groups is 1. The minimum absolute atomic E-state index is 0. The van der Waals surface area contributed by atoms with E-state index in [1.807, 2.05) is 18.2 Å². The van der Waals surface area contributed by atoms with Gasteiger partial charge in [0.15, 0.2) is 0 Å². The van der Waals surface area contributed by atoms with Gasteiger partial charge in [-0.2, -0.15) is 0 Å². The van der Waals surface area contributed by atoms with Crippen LogP contribution in [0.1, 0.15) is 24.0 Å². The number of rotatable bonds is 6. The predicted octanol–water partition coefficient (Wildman–Crippen LogP) is 4.41. The van der Waals surface area contributed by atoms with Crippen molar-refractivity contribution in [2.75, 3.05) is 13.2 Å². The Morgan fingerprint density at radius 2 is 1.67 bits per heavy atom. The van der Waals surface area contributed by atoms with Crippen LogP contribution in [0.25, 0.3) is 0 Å². The SMILES string of the molecule is Cl.S=C(NCc1ccccc1)OCC1C2CCC1N(Cc1ccccc1)C2. The minimum Gasteiger partial charge on any atom is -0.471 e. The normalized spacial score (nSPS) is 23.6. The second kappa shape index (κ2) is 9.54. The third kappa shape index (κ3) is 5.01. The van der Waals surface area contributed by atoms with Crippen molar-refractivity contribution < 1.29 is 4.74 Å². The van der Waals surface area contributed by atoms with E-state index in [2.05, 4.69) is 52.7 Å². The Kier molecular flexibility index (Phi) is 7.11. The molecule has 27 heavy (non-hydrogen) atoms. The van der Waals surface area contributed by atoms with Crippen LogP contribution >= 0.6 is 24.6 Å². The van der Waals surface area contributed by atoms with Crippen molar-refractivity contribution in [1.29, 1.82) is 0 Å². The number of piperidine rings is 1. The molecule has 0 radical (unpaired) electrons. The van der Waals surface area contributed by atoms with Gasteiger partial charge in [-0.1, -0.05) is 60.7 Å². The van der Waals surface area contributed by atoms with Crippen LogP contribution in [0, 0.1) is 11.8 Å². The number of nitrogens with zero attached hydrogens (tertiary/aromatic N) is 1. The molecule has 2 bridgehead atoms. The number of benzene rings is 2. The number of halogens is 1. The molecule has 2 aromatic carbocycles. The van der Waals surface area contributed by atoms with Crippen molar-refractivity contribution in [3.63, 3.8) is 0 Å². The van der Waals surface area contributed by atoms with Gasteiger partial charge in [0.25, 0.3) is 5.17 Å². The van der Waals surface area contributed by atoms with Gasteiger partial charge in [-0.05, 0) is 42.1 Å². The zero-order valence-corrected chi connectivity index (χ0v) is 17.1. The lowest BCUT2D eigenvalue weighted by atomic mass is 9.99. The molecule has 0 spiro atoms. The molecule has 5 heteroatoms. The lowest BCUT2D eigenvalue weighted by Gasteiger charge is -2.27. The van der Waals surface area contributed by atoms with E-state index in [1.54, 1.807) is 0 Å². The van der Waals surface area contributed by atoms with Crippen LogP contribution in [0.5, 0.6) is 0 Å². The monoisotopic (exact) mass is 402 g/mol. The largest absolute Gasteiger partial charge is 0.471 e. The molecule has 2 aromatic rings.